The van der Waals surface area contributed by atoms with Crippen molar-refractivity contribution in [1.29, 1.82) is 0 Å². The molecule has 17 heavy (non-hydrogen) atoms. The Morgan fingerprint density at radius 3 is 2.06 bits per heavy atom. The fourth-order valence-electron chi connectivity index (χ4n) is 1.64. The zero-order chi connectivity index (χ0) is 12.3. The SMILES string of the molecule is CCCO[SiH](CCc1ccccc1)OCCC. The summed E-state index contributed by atoms with van der Waals surface area (Å²) in [6.07, 6.45) is 3.22. The number of rotatable bonds is 9. The summed E-state index contributed by atoms with van der Waals surface area (Å²) in [5.74, 6) is 0. The minimum absolute atomic E-state index is 0.843. The normalized spacial score (nSPS) is 11.0. The van der Waals surface area contributed by atoms with Gasteiger partial charge in [0, 0.05) is 13.2 Å². The van der Waals surface area contributed by atoms with Crippen LogP contribution >= 0.6 is 0 Å². The summed E-state index contributed by atoms with van der Waals surface area (Å²) in [6.45, 7) is 5.97. The minimum Gasteiger partial charge on any atom is -0.397 e. The molecule has 0 N–H and O–H groups in total. The van der Waals surface area contributed by atoms with Gasteiger partial charge in [0.05, 0.1) is 0 Å². The van der Waals surface area contributed by atoms with Gasteiger partial charge in [-0.05, 0) is 30.9 Å². The van der Waals surface area contributed by atoms with Gasteiger partial charge in [0.1, 0.15) is 0 Å². The van der Waals surface area contributed by atoms with Crippen LogP contribution in [0.1, 0.15) is 32.3 Å². The third-order valence-electron chi connectivity index (χ3n) is 2.53. The van der Waals surface area contributed by atoms with Gasteiger partial charge in [-0.2, -0.15) is 0 Å². The van der Waals surface area contributed by atoms with Gasteiger partial charge in [-0.15, -0.1) is 0 Å². The second kappa shape index (κ2) is 9.39. The van der Waals surface area contributed by atoms with Crippen molar-refractivity contribution in [2.45, 2.75) is 39.2 Å². The first-order chi connectivity index (χ1) is 8.36. The molecule has 0 heterocycles. The van der Waals surface area contributed by atoms with E-state index in [4.69, 9.17) is 8.85 Å². The third kappa shape index (κ3) is 6.61. The van der Waals surface area contributed by atoms with Crippen molar-refractivity contribution in [3.05, 3.63) is 35.9 Å². The first-order valence-corrected chi connectivity index (χ1v) is 8.39. The van der Waals surface area contributed by atoms with E-state index in [2.05, 4.69) is 44.2 Å². The quantitative estimate of drug-likeness (QED) is 0.628. The molecule has 0 atom stereocenters. The van der Waals surface area contributed by atoms with Gasteiger partial charge in [-0.25, -0.2) is 0 Å². The molecule has 0 amide bonds. The second-order valence-corrected chi connectivity index (χ2v) is 6.30. The maximum absolute atomic E-state index is 5.83. The molecule has 1 aromatic rings. The van der Waals surface area contributed by atoms with E-state index in [1.807, 2.05) is 0 Å². The summed E-state index contributed by atoms with van der Waals surface area (Å²) in [5.41, 5.74) is 1.38. The van der Waals surface area contributed by atoms with Crippen molar-refractivity contribution in [3.8, 4) is 0 Å². The highest BCUT2D eigenvalue weighted by Crippen LogP contribution is 2.08. The second-order valence-electron chi connectivity index (χ2n) is 4.20. The van der Waals surface area contributed by atoms with Crippen LogP contribution in [0.3, 0.4) is 0 Å². The molecule has 1 aromatic carbocycles. The predicted octanol–water partition coefficient (Wildman–Crippen LogP) is 3.30. The zero-order valence-corrected chi connectivity index (χ0v) is 12.2. The van der Waals surface area contributed by atoms with Gasteiger partial charge in [0.15, 0.2) is 0 Å². The monoisotopic (exact) mass is 252 g/mol. The topological polar surface area (TPSA) is 18.5 Å². The molecule has 1 rings (SSSR count). The highest BCUT2D eigenvalue weighted by Gasteiger charge is 2.12. The number of aryl methyl sites for hydroxylation is 1. The molecular weight excluding hydrogens is 228 g/mol. The number of hydrogen-bond acceptors (Lipinski definition) is 2. The first kappa shape index (κ1) is 14.4. The Bertz CT molecular complexity index is 269. The Hall–Kier alpha value is -0.643. The number of hydrogen-bond donors (Lipinski definition) is 0. The van der Waals surface area contributed by atoms with E-state index in [-0.39, 0.29) is 0 Å². The Labute approximate surface area is 107 Å². The fraction of sp³-hybridized carbons (Fsp3) is 0.571. The molecule has 3 heteroatoms. The molecule has 0 unspecified atom stereocenters. The molecule has 0 radical (unpaired) electrons. The van der Waals surface area contributed by atoms with Crippen LogP contribution < -0.4 is 0 Å². The summed E-state index contributed by atoms with van der Waals surface area (Å²) >= 11 is 0. The van der Waals surface area contributed by atoms with E-state index in [0.717, 1.165) is 38.5 Å². The van der Waals surface area contributed by atoms with E-state index in [1.54, 1.807) is 0 Å². The highest BCUT2D eigenvalue weighted by atomic mass is 28.3. The highest BCUT2D eigenvalue weighted by molar-refractivity contribution is 6.44. The van der Waals surface area contributed by atoms with Gasteiger partial charge in [-0.1, -0.05) is 44.2 Å². The van der Waals surface area contributed by atoms with Crippen molar-refractivity contribution >= 4 is 9.28 Å². The van der Waals surface area contributed by atoms with Crippen LogP contribution in [0.4, 0.5) is 0 Å². The van der Waals surface area contributed by atoms with Crippen molar-refractivity contribution in [2.75, 3.05) is 13.2 Å². The number of benzene rings is 1. The van der Waals surface area contributed by atoms with Crippen LogP contribution in [0.5, 0.6) is 0 Å². The maximum atomic E-state index is 5.83. The van der Waals surface area contributed by atoms with Crippen LogP contribution in [-0.4, -0.2) is 22.5 Å². The Balaban J connectivity index is 2.31. The molecule has 0 saturated carbocycles. The molecule has 0 saturated heterocycles. The van der Waals surface area contributed by atoms with E-state index in [0.29, 0.717) is 0 Å². The summed E-state index contributed by atoms with van der Waals surface area (Å²) in [7, 11) is -1.44. The van der Waals surface area contributed by atoms with Crippen molar-refractivity contribution in [2.24, 2.45) is 0 Å². The van der Waals surface area contributed by atoms with Crippen LogP contribution in [-0.2, 0) is 15.3 Å². The van der Waals surface area contributed by atoms with Crippen LogP contribution in [0.25, 0.3) is 0 Å². The van der Waals surface area contributed by atoms with Gasteiger partial charge in [-0.3, -0.25) is 0 Å². The van der Waals surface area contributed by atoms with Crippen molar-refractivity contribution < 1.29 is 8.85 Å². The summed E-state index contributed by atoms with van der Waals surface area (Å²) < 4.78 is 11.7. The smallest absolute Gasteiger partial charge is 0.321 e. The molecule has 0 aliphatic carbocycles. The van der Waals surface area contributed by atoms with E-state index < -0.39 is 9.28 Å². The molecule has 0 aliphatic rings. The molecule has 0 fully saturated rings. The largest absolute Gasteiger partial charge is 0.397 e. The molecular formula is C14H24O2Si. The Morgan fingerprint density at radius 1 is 0.941 bits per heavy atom. The lowest BCUT2D eigenvalue weighted by Crippen LogP contribution is -2.24. The lowest BCUT2D eigenvalue weighted by Gasteiger charge is -2.16. The minimum atomic E-state index is -1.44. The molecule has 0 aromatic heterocycles. The first-order valence-electron chi connectivity index (χ1n) is 6.64. The average Bonchev–Trinajstić information content (AvgIpc) is 2.39. The van der Waals surface area contributed by atoms with Gasteiger partial charge in [0.25, 0.3) is 0 Å². The Kier molecular flexibility index (Phi) is 7.97. The predicted molar refractivity (Wildman–Crippen MR) is 74.6 cm³/mol. The standard InChI is InChI=1S/C14H24O2Si/c1-3-11-15-17(16-12-4-2)13-10-14-8-6-5-7-9-14/h5-9,17H,3-4,10-13H2,1-2H3. The lowest BCUT2D eigenvalue weighted by molar-refractivity contribution is 0.196. The van der Waals surface area contributed by atoms with Gasteiger partial charge >= 0.3 is 9.28 Å². The molecule has 0 spiro atoms. The molecule has 0 bridgehead atoms. The fourth-order valence-corrected chi connectivity index (χ4v) is 3.64. The zero-order valence-electron chi connectivity index (χ0n) is 11.0. The summed E-state index contributed by atoms with van der Waals surface area (Å²) in [6, 6.07) is 11.6. The van der Waals surface area contributed by atoms with Crippen molar-refractivity contribution in [1.82, 2.24) is 0 Å². The third-order valence-corrected chi connectivity index (χ3v) is 4.50. The molecule has 96 valence electrons. The maximum Gasteiger partial charge on any atom is 0.321 e. The average molecular weight is 252 g/mol. The van der Waals surface area contributed by atoms with Gasteiger partial charge < -0.3 is 8.85 Å². The van der Waals surface area contributed by atoms with E-state index in [9.17, 15) is 0 Å². The van der Waals surface area contributed by atoms with Gasteiger partial charge in [0.2, 0.25) is 0 Å². The molecule has 2 nitrogen and oxygen atoms in total. The Morgan fingerprint density at radius 2 is 1.53 bits per heavy atom. The van der Waals surface area contributed by atoms with E-state index >= 15 is 0 Å². The van der Waals surface area contributed by atoms with E-state index in [1.165, 1.54) is 5.56 Å². The van der Waals surface area contributed by atoms with Crippen LogP contribution in [0.15, 0.2) is 30.3 Å². The van der Waals surface area contributed by atoms with Crippen LogP contribution in [0.2, 0.25) is 6.04 Å². The van der Waals surface area contributed by atoms with Crippen LogP contribution in [0, 0.1) is 0 Å². The van der Waals surface area contributed by atoms with Crippen molar-refractivity contribution in [3.63, 3.8) is 0 Å². The molecule has 0 aliphatic heterocycles. The summed E-state index contributed by atoms with van der Waals surface area (Å²) in [5, 5.41) is 0. The lowest BCUT2D eigenvalue weighted by atomic mass is 10.2. The summed E-state index contributed by atoms with van der Waals surface area (Å²) in [4.78, 5) is 0.